The third-order valence-corrected chi connectivity index (χ3v) is 11.0. The summed E-state index contributed by atoms with van der Waals surface area (Å²) in [5, 5.41) is 0. The van der Waals surface area contributed by atoms with Gasteiger partial charge in [-0.3, -0.25) is 9.59 Å². The maximum atomic E-state index is 13.1. The molecule has 3 saturated carbocycles. The molecule has 3 heteroatoms. The number of carbonyl (C=O) groups excluding carboxylic acids is 3. The van der Waals surface area contributed by atoms with Crippen LogP contribution in [0.1, 0.15) is 92.9 Å². The molecule has 0 radical (unpaired) electrons. The van der Waals surface area contributed by atoms with Crippen LogP contribution in [0.5, 0.6) is 0 Å². The van der Waals surface area contributed by atoms with Gasteiger partial charge in [-0.25, -0.2) is 0 Å². The number of hydrogen-bond acceptors (Lipinski definition) is 3. The van der Waals surface area contributed by atoms with Gasteiger partial charge in [0.25, 0.3) is 0 Å². The van der Waals surface area contributed by atoms with Crippen LogP contribution < -0.4 is 0 Å². The zero-order valence-corrected chi connectivity index (χ0v) is 20.8. The van der Waals surface area contributed by atoms with E-state index >= 15 is 0 Å². The molecule has 0 aromatic rings. The van der Waals surface area contributed by atoms with Gasteiger partial charge in [-0.2, -0.15) is 0 Å². The van der Waals surface area contributed by atoms with Crippen molar-refractivity contribution in [1.29, 1.82) is 0 Å². The Balaban J connectivity index is 1.61. The van der Waals surface area contributed by atoms with Gasteiger partial charge in [0.05, 0.1) is 5.41 Å². The van der Waals surface area contributed by atoms with Crippen molar-refractivity contribution in [1.82, 2.24) is 0 Å². The zero-order chi connectivity index (χ0) is 23.3. The van der Waals surface area contributed by atoms with Gasteiger partial charge in [-0.05, 0) is 78.3 Å². The van der Waals surface area contributed by atoms with Crippen LogP contribution in [0, 0.1) is 45.3 Å². The summed E-state index contributed by atoms with van der Waals surface area (Å²) >= 11 is 0. The third-order valence-electron chi connectivity index (χ3n) is 11.0. The van der Waals surface area contributed by atoms with Gasteiger partial charge in [-0.1, -0.05) is 53.2 Å². The lowest BCUT2D eigenvalue weighted by Crippen LogP contribution is -2.59. The maximum absolute atomic E-state index is 13.1. The SMILES string of the molecule is CC(C)C1=C2[C@H]3CC[C@@H]4[C@@]5(C)CCC(=O)C(C)(C)[C@@H]5CC[C@@]4(C)C3=CC[C@@]2(C=O)CC1=O. The van der Waals surface area contributed by atoms with E-state index in [9.17, 15) is 14.4 Å². The van der Waals surface area contributed by atoms with Crippen molar-refractivity contribution >= 4 is 17.9 Å². The maximum Gasteiger partial charge on any atom is 0.160 e. The Morgan fingerprint density at radius 2 is 1.72 bits per heavy atom. The molecule has 0 N–H and O–H groups in total. The van der Waals surface area contributed by atoms with Crippen LogP contribution in [0.25, 0.3) is 0 Å². The van der Waals surface area contributed by atoms with E-state index < -0.39 is 5.41 Å². The Labute approximate surface area is 193 Å². The summed E-state index contributed by atoms with van der Waals surface area (Å²) in [7, 11) is 0. The summed E-state index contributed by atoms with van der Waals surface area (Å²) in [6, 6.07) is 0. The van der Waals surface area contributed by atoms with Crippen molar-refractivity contribution in [2.75, 3.05) is 0 Å². The fraction of sp³-hybridized carbons (Fsp3) is 0.759. The number of hydrogen-bond donors (Lipinski definition) is 0. The van der Waals surface area contributed by atoms with E-state index in [1.54, 1.807) is 0 Å². The molecular weight excluding hydrogens is 396 g/mol. The first-order valence-electron chi connectivity index (χ1n) is 12.9. The van der Waals surface area contributed by atoms with Crippen molar-refractivity contribution < 1.29 is 14.4 Å². The molecule has 0 aromatic heterocycles. The molecule has 0 aliphatic heterocycles. The molecule has 6 atom stereocenters. The van der Waals surface area contributed by atoms with Gasteiger partial charge in [-0.15, -0.1) is 0 Å². The van der Waals surface area contributed by atoms with E-state index in [0.717, 1.165) is 44.0 Å². The summed E-state index contributed by atoms with van der Waals surface area (Å²) in [6.07, 6.45) is 10.6. The van der Waals surface area contributed by atoms with Gasteiger partial charge < -0.3 is 4.79 Å². The predicted molar refractivity (Wildman–Crippen MR) is 126 cm³/mol. The molecule has 32 heavy (non-hydrogen) atoms. The first-order chi connectivity index (χ1) is 14.9. The molecule has 3 fully saturated rings. The molecular formula is C29H40O3. The van der Waals surface area contributed by atoms with Crippen LogP contribution >= 0.6 is 0 Å². The number of rotatable bonds is 2. The first kappa shape index (κ1) is 22.3. The van der Waals surface area contributed by atoms with E-state index in [1.165, 1.54) is 11.1 Å². The van der Waals surface area contributed by atoms with E-state index in [0.29, 0.717) is 36.9 Å². The Morgan fingerprint density at radius 3 is 2.38 bits per heavy atom. The first-order valence-corrected chi connectivity index (χ1v) is 12.9. The summed E-state index contributed by atoms with van der Waals surface area (Å²) in [4.78, 5) is 38.3. The minimum atomic E-state index is -0.589. The summed E-state index contributed by atoms with van der Waals surface area (Å²) < 4.78 is 0. The van der Waals surface area contributed by atoms with E-state index in [-0.39, 0.29) is 33.9 Å². The molecule has 0 aromatic carbocycles. The standard InChI is InChI=1S/C29H40O3/c1-17(2)24-20(31)15-29(16-30)14-9-19-18(25(24)29)7-8-22-27(19,5)12-10-21-26(3,4)23(32)11-13-28(21,22)6/h9,16-18,21-22H,7-8,10-15H2,1-6H3/t18-,21-,22-,27-,28-,29-/m0/s1. The third kappa shape index (κ3) is 2.57. The smallest absolute Gasteiger partial charge is 0.160 e. The summed E-state index contributed by atoms with van der Waals surface area (Å²) in [5.74, 6) is 2.07. The number of carbonyl (C=O) groups is 3. The fourth-order valence-corrected chi connectivity index (χ4v) is 9.60. The highest BCUT2D eigenvalue weighted by atomic mass is 16.1. The average molecular weight is 437 g/mol. The molecule has 0 amide bonds. The Kier molecular flexibility index (Phi) is 4.71. The van der Waals surface area contributed by atoms with Crippen molar-refractivity contribution in [3.8, 4) is 0 Å². The largest absolute Gasteiger partial charge is 0.302 e. The van der Waals surface area contributed by atoms with Crippen molar-refractivity contribution in [2.24, 2.45) is 45.3 Å². The Bertz CT molecular complexity index is 965. The highest BCUT2D eigenvalue weighted by Crippen LogP contribution is 2.71. The molecule has 5 aliphatic rings. The van der Waals surface area contributed by atoms with Gasteiger partial charge in [0.15, 0.2) is 5.78 Å². The van der Waals surface area contributed by atoms with Gasteiger partial charge in [0.1, 0.15) is 12.1 Å². The number of allylic oxidation sites excluding steroid dienone is 4. The van der Waals surface area contributed by atoms with Crippen molar-refractivity contribution in [3.05, 3.63) is 22.8 Å². The molecule has 5 aliphatic carbocycles. The van der Waals surface area contributed by atoms with Crippen LogP contribution in [0.4, 0.5) is 0 Å². The lowest BCUT2D eigenvalue weighted by molar-refractivity contribution is -0.160. The fourth-order valence-electron chi connectivity index (χ4n) is 9.60. The molecule has 0 bridgehead atoms. The normalized spacial score (nSPS) is 45.1. The second kappa shape index (κ2) is 6.76. The average Bonchev–Trinajstić information content (AvgIpc) is 3.03. The molecule has 3 nitrogen and oxygen atoms in total. The quantitative estimate of drug-likeness (QED) is 0.379. The Hall–Kier alpha value is -1.51. The second-order valence-electron chi connectivity index (χ2n) is 13.1. The summed E-state index contributed by atoms with van der Waals surface area (Å²) in [6.45, 7) is 13.5. The van der Waals surface area contributed by atoms with Gasteiger partial charge in [0, 0.05) is 24.2 Å². The number of fused-ring (bicyclic) bond motifs is 7. The highest BCUT2D eigenvalue weighted by Gasteiger charge is 2.64. The second-order valence-corrected chi connectivity index (χ2v) is 13.1. The molecule has 0 heterocycles. The molecule has 174 valence electrons. The molecule has 0 spiro atoms. The zero-order valence-electron chi connectivity index (χ0n) is 20.8. The van der Waals surface area contributed by atoms with E-state index in [4.69, 9.17) is 0 Å². The number of aldehydes is 1. The topological polar surface area (TPSA) is 51.2 Å². The monoisotopic (exact) mass is 436 g/mol. The van der Waals surface area contributed by atoms with Crippen LogP contribution in [0.3, 0.4) is 0 Å². The van der Waals surface area contributed by atoms with Crippen LogP contribution in [0.2, 0.25) is 0 Å². The van der Waals surface area contributed by atoms with Crippen molar-refractivity contribution in [2.45, 2.75) is 92.9 Å². The van der Waals surface area contributed by atoms with E-state index in [2.05, 4.69) is 47.6 Å². The van der Waals surface area contributed by atoms with E-state index in [1.807, 2.05) is 0 Å². The predicted octanol–water partition coefficient (Wildman–Crippen LogP) is 6.27. The lowest BCUT2D eigenvalue weighted by atomic mass is 9.38. The Morgan fingerprint density at radius 1 is 1.00 bits per heavy atom. The molecule has 5 rings (SSSR count). The van der Waals surface area contributed by atoms with Crippen molar-refractivity contribution in [3.63, 3.8) is 0 Å². The number of ketones is 2. The van der Waals surface area contributed by atoms with Gasteiger partial charge in [0.2, 0.25) is 0 Å². The number of Topliss-reactive ketones (excluding diaryl/α,β-unsaturated/α-hetero) is 2. The minimum absolute atomic E-state index is 0.0976. The van der Waals surface area contributed by atoms with Gasteiger partial charge >= 0.3 is 0 Å². The minimum Gasteiger partial charge on any atom is -0.302 e. The summed E-state index contributed by atoms with van der Waals surface area (Å²) in [5.41, 5.74) is 3.12. The molecule has 0 unspecified atom stereocenters. The van der Waals surface area contributed by atoms with Crippen LogP contribution in [0.15, 0.2) is 22.8 Å². The lowest BCUT2D eigenvalue weighted by Gasteiger charge is -2.65. The highest BCUT2D eigenvalue weighted by molar-refractivity contribution is 6.04. The molecule has 0 saturated heterocycles. The van der Waals surface area contributed by atoms with Crippen LogP contribution in [-0.4, -0.2) is 17.9 Å². The van der Waals surface area contributed by atoms with Crippen LogP contribution in [-0.2, 0) is 14.4 Å².